The summed E-state index contributed by atoms with van der Waals surface area (Å²) in [5.41, 5.74) is 3.01. The van der Waals surface area contributed by atoms with E-state index in [-0.39, 0.29) is 11.3 Å². The first-order valence-corrected chi connectivity index (χ1v) is 7.60. The quantitative estimate of drug-likeness (QED) is 0.595. The molecule has 4 aromatic rings. The highest BCUT2D eigenvalue weighted by molar-refractivity contribution is 5.94. The molecule has 5 nitrogen and oxygen atoms in total. The topological polar surface area (TPSA) is 70.9 Å². The normalized spacial score (nSPS) is 11.0. The lowest BCUT2D eigenvalue weighted by atomic mass is 10.1. The van der Waals surface area contributed by atoms with Crippen molar-refractivity contribution in [2.24, 2.45) is 0 Å². The number of rotatable bonds is 2. The third kappa shape index (κ3) is 2.27. The molecule has 2 aromatic heterocycles. The fourth-order valence-corrected chi connectivity index (χ4v) is 2.89. The Labute approximate surface area is 137 Å². The van der Waals surface area contributed by atoms with Crippen LogP contribution in [0.5, 0.6) is 5.75 Å². The van der Waals surface area contributed by atoms with Gasteiger partial charge in [-0.05, 0) is 36.8 Å². The molecule has 0 saturated carbocycles. The number of nitrogens with one attached hydrogen (secondary N) is 1. The summed E-state index contributed by atoms with van der Waals surface area (Å²) < 4.78 is 1.92. The van der Waals surface area contributed by atoms with E-state index in [1.165, 1.54) is 0 Å². The van der Waals surface area contributed by atoms with Crippen LogP contribution in [0, 0.1) is 6.92 Å². The van der Waals surface area contributed by atoms with Crippen LogP contribution in [-0.2, 0) is 0 Å². The number of H-pyrrole nitrogens is 1. The molecule has 0 amide bonds. The summed E-state index contributed by atoms with van der Waals surface area (Å²) in [6, 6.07) is 16.6. The van der Waals surface area contributed by atoms with E-state index in [1.54, 1.807) is 31.2 Å². The number of aromatic nitrogens is 3. The number of nitrogens with zero attached hydrogens (tertiary/aromatic N) is 2. The maximum atomic E-state index is 12.5. The fraction of sp³-hybridized carbons (Fsp3) is 0.0526. The van der Waals surface area contributed by atoms with Crippen molar-refractivity contribution in [3.63, 3.8) is 0 Å². The van der Waals surface area contributed by atoms with Gasteiger partial charge in [0, 0.05) is 17.4 Å². The van der Waals surface area contributed by atoms with Crippen LogP contribution in [-0.4, -0.2) is 19.6 Å². The molecule has 24 heavy (non-hydrogen) atoms. The number of aryl methyl sites for hydroxylation is 1. The molecule has 0 bridgehead atoms. The summed E-state index contributed by atoms with van der Waals surface area (Å²) >= 11 is 0. The highest BCUT2D eigenvalue weighted by Crippen LogP contribution is 2.30. The van der Waals surface area contributed by atoms with E-state index in [1.807, 2.05) is 41.1 Å². The molecule has 2 N–H and O–H groups in total. The average molecular weight is 317 g/mol. The lowest BCUT2D eigenvalue weighted by Crippen LogP contribution is -2.10. The van der Waals surface area contributed by atoms with Gasteiger partial charge in [-0.1, -0.05) is 30.3 Å². The molecule has 0 aliphatic heterocycles. The van der Waals surface area contributed by atoms with Crippen LogP contribution in [0.15, 0.2) is 65.6 Å². The van der Waals surface area contributed by atoms with Crippen molar-refractivity contribution in [3.8, 4) is 22.6 Å². The van der Waals surface area contributed by atoms with E-state index in [0.717, 1.165) is 16.8 Å². The molecule has 4 rings (SSSR count). The van der Waals surface area contributed by atoms with E-state index in [4.69, 9.17) is 0 Å². The number of phenolic OH excluding ortho intramolecular Hbond substituents is 1. The number of phenols is 1. The van der Waals surface area contributed by atoms with Gasteiger partial charge in [0.15, 0.2) is 5.65 Å². The standard InChI is InChI=1S/C19H15N3O2/c1-12-20-18-17(19(24)21-12)16(13-7-9-15(23)10-8-13)11-22(18)14-5-3-2-4-6-14/h2-11,23H,1H3,(H,20,21,24). The Kier molecular flexibility index (Phi) is 3.20. The number of aromatic hydroxyl groups is 1. The molecule has 0 radical (unpaired) electrons. The third-order valence-corrected chi connectivity index (χ3v) is 3.99. The van der Waals surface area contributed by atoms with Crippen molar-refractivity contribution >= 4 is 11.0 Å². The van der Waals surface area contributed by atoms with Crippen molar-refractivity contribution in [3.05, 3.63) is 77.0 Å². The monoisotopic (exact) mass is 317 g/mol. The maximum absolute atomic E-state index is 12.5. The summed E-state index contributed by atoms with van der Waals surface area (Å²) in [7, 11) is 0. The number of hydrogen-bond donors (Lipinski definition) is 2. The summed E-state index contributed by atoms with van der Waals surface area (Å²) in [4.78, 5) is 19.9. The zero-order valence-electron chi connectivity index (χ0n) is 13.0. The van der Waals surface area contributed by atoms with Gasteiger partial charge in [-0.2, -0.15) is 0 Å². The minimum absolute atomic E-state index is 0.171. The van der Waals surface area contributed by atoms with E-state index in [2.05, 4.69) is 9.97 Å². The fourth-order valence-electron chi connectivity index (χ4n) is 2.89. The van der Waals surface area contributed by atoms with Crippen LogP contribution >= 0.6 is 0 Å². The molecule has 2 heterocycles. The van der Waals surface area contributed by atoms with Crippen LogP contribution in [0.4, 0.5) is 0 Å². The molecule has 0 atom stereocenters. The van der Waals surface area contributed by atoms with Gasteiger partial charge >= 0.3 is 0 Å². The van der Waals surface area contributed by atoms with E-state index in [9.17, 15) is 9.90 Å². The number of aromatic amines is 1. The molecular weight excluding hydrogens is 302 g/mol. The molecule has 0 aliphatic carbocycles. The molecule has 0 aliphatic rings. The van der Waals surface area contributed by atoms with Gasteiger partial charge in [-0.15, -0.1) is 0 Å². The number of benzene rings is 2. The molecule has 0 saturated heterocycles. The predicted octanol–water partition coefficient (Wildman–Crippen LogP) is 3.39. The van der Waals surface area contributed by atoms with Gasteiger partial charge in [0.1, 0.15) is 11.6 Å². The number of para-hydroxylation sites is 1. The second-order valence-electron chi connectivity index (χ2n) is 5.65. The largest absolute Gasteiger partial charge is 0.508 e. The number of fused-ring (bicyclic) bond motifs is 1. The second-order valence-corrected chi connectivity index (χ2v) is 5.65. The Morgan fingerprint density at radius 1 is 1.04 bits per heavy atom. The van der Waals surface area contributed by atoms with Gasteiger partial charge in [0.25, 0.3) is 5.56 Å². The van der Waals surface area contributed by atoms with Crippen molar-refractivity contribution < 1.29 is 5.11 Å². The average Bonchev–Trinajstić information content (AvgIpc) is 2.96. The summed E-state index contributed by atoms with van der Waals surface area (Å²) in [5, 5.41) is 10.0. The zero-order valence-corrected chi connectivity index (χ0v) is 13.0. The predicted molar refractivity (Wildman–Crippen MR) is 93.5 cm³/mol. The lowest BCUT2D eigenvalue weighted by molar-refractivity contribution is 0.475. The Hall–Kier alpha value is -3.34. The van der Waals surface area contributed by atoms with Crippen LogP contribution < -0.4 is 5.56 Å². The first-order valence-electron chi connectivity index (χ1n) is 7.60. The van der Waals surface area contributed by atoms with E-state index in [0.29, 0.717) is 16.9 Å². The first kappa shape index (κ1) is 14.3. The third-order valence-electron chi connectivity index (χ3n) is 3.99. The first-order chi connectivity index (χ1) is 11.6. The Morgan fingerprint density at radius 2 is 1.75 bits per heavy atom. The molecule has 0 fully saturated rings. The molecule has 0 unspecified atom stereocenters. The van der Waals surface area contributed by atoms with Crippen LogP contribution in [0.3, 0.4) is 0 Å². The van der Waals surface area contributed by atoms with Crippen molar-refractivity contribution in [1.29, 1.82) is 0 Å². The smallest absolute Gasteiger partial charge is 0.261 e. The highest BCUT2D eigenvalue weighted by Gasteiger charge is 2.16. The minimum atomic E-state index is -0.171. The van der Waals surface area contributed by atoms with E-state index >= 15 is 0 Å². The van der Waals surface area contributed by atoms with Gasteiger partial charge in [0.2, 0.25) is 0 Å². The second kappa shape index (κ2) is 5.38. The lowest BCUT2D eigenvalue weighted by Gasteiger charge is -2.04. The van der Waals surface area contributed by atoms with Gasteiger partial charge in [-0.25, -0.2) is 4.98 Å². The highest BCUT2D eigenvalue weighted by atomic mass is 16.3. The zero-order chi connectivity index (χ0) is 16.7. The van der Waals surface area contributed by atoms with E-state index < -0.39 is 0 Å². The Bertz CT molecular complexity index is 1080. The molecule has 5 heteroatoms. The van der Waals surface area contributed by atoms with Crippen molar-refractivity contribution in [2.45, 2.75) is 6.92 Å². The van der Waals surface area contributed by atoms with Crippen LogP contribution in [0.25, 0.3) is 27.8 Å². The Balaban J connectivity index is 2.08. The summed E-state index contributed by atoms with van der Waals surface area (Å²) in [6.45, 7) is 1.77. The molecule has 118 valence electrons. The van der Waals surface area contributed by atoms with Crippen molar-refractivity contribution in [1.82, 2.24) is 14.5 Å². The van der Waals surface area contributed by atoms with Crippen LogP contribution in [0.1, 0.15) is 5.82 Å². The van der Waals surface area contributed by atoms with Gasteiger partial charge in [0.05, 0.1) is 5.39 Å². The van der Waals surface area contributed by atoms with Gasteiger partial charge in [-0.3, -0.25) is 4.79 Å². The minimum Gasteiger partial charge on any atom is -0.508 e. The number of hydrogen-bond acceptors (Lipinski definition) is 3. The maximum Gasteiger partial charge on any atom is 0.261 e. The molecule has 2 aromatic carbocycles. The van der Waals surface area contributed by atoms with Gasteiger partial charge < -0.3 is 14.7 Å². The SMILES string of the molecule is Cc1nc2c(c(-c3ccc(O)cc3)cn2-c2ccccc2)c(=O)[nH]1. The molecular formula is C19H15N3O2. The summed E-state index contributed by atoms with van der Waals surface area (Å²) in [6.07, 6.45) is 1.91. The van der Waals surface area contributed by atoms with Crippen molar-refractivity contribution in [2.75, 3.05) is 0 Å². The molecule has 0 spiro atoms. The van der Waals surface area contributed by atoms with Crippen LogP contribution in [0.2, 0.25) is 0 Å². The summed E-state index contributed by atoms with van der Waals surface area (Å²) in [5.74, 6) is 0.758. The Morgan fingerprint density at radius 3 is 2.46 bits per heavy atom.